The first-order chi connectivity index (χ1) is 13.2. The van der Waals surface area contributed by atoms with E-state index < -0.39 is 11.9 Å². The van der Waals surface area contributed by atoms with Gasteiger partial charge in [-0.2, -0.15) is 11.8 Å². The van der Waals surface area contributed by atoms with Crippen molar-refractivity contribution in [2.24, 2.45) is 0 Å². The maximum atomic E-state index is 12.7. The average Bonchev–Trinajstić information content (AvgIpc) is 3.37. The van der Waals surface area contributed by atoms with Crippen molar-refractivity contribution >= 4 is 40.0 Å². The van der Waals surface area contributed by atoms with E-state index in [9.17, 15) is 9.59 Å². The fourth-order valence-corrected chi connectivity index (χ4v) is 3.60. The number of hydrogen-bond acceptors (Lipinski definition) is 6. The number of hydrogen-bond donors (Lipinski definition) is 2. The fourth-order valence-electron chi connectivity index (χ4n) is 2.41. The van der Waals surface area contributed by atoms with Gasteiger partial charge in [0.1, 0.15) is 6.04 Å². The number of amides is 2. The predicted molar refractivity (Wildman–Crippen MR) is 109 cm³/mol. The maximum Gasteiger partial charge on any atom is 0.287 e. The predicted octanol–water partition coefficient (Wildman–Crippen LogP) is 3.89. The second-order valence-electron chi connectivity index (χ2n) is 5.68. The summed E-state index contributed by atoms with van der Waals surface area (Å²) in [5.74, 6) is 0.213. The Balaban J connectivity index is 1.67. The summed E-state index contributed by atoms with van der Waals surface area (Å²) < 4.78 is 5.09. The molecule has 1 aromatic carbocycles. The third-order valence-electron chi connectivity index (χ3n) is 3.78. The van der Waals surface area contributed by atoms with Crippen molar-refractivity contribution in [1.29, 1.82) is 0 Å². The average molecular weight is 402 g/mol. The summed E-state index contributed by atoms with van der Waals surface area (Å²) in [5, 5.41) is 7.93. The zero-order valence-corrected chi connectivity index (χ0v) is 16.3. The number of carbonyl (C=O) groups is 2. The van der Waals surface area contributed by atoms with Crippen molar-refractivity contribution in [3.63, 3.8) is 0 Å². The topological polar surface area (TPSA) is 84.2 Å². The molecule has 0 aliphatic heterocycles. The van der Waals surface area contributed by atoms with E-state index in [1.807, 2.05) is 42.0 Å². The summed E-state index contributed by atoms with van der Waals surface area (Å²) >= 11 is 2.96. The van der Waals surface area contributed by atoms with E-state index >= 15 is 0 Å². The molecule has 8 heteroatoms. The van der Waals surface area contributed by atoms with Crippen LogP contribution in [0.25, 0.3) is 11.3 Å². The number of thioether (sulfide) groups is 1. The molecule has 3 rings (SSSR count). The molecule has 0 bridgehead atoms. The number of benzene rings is 1. The fraction of sp³-hybridized carbons (Fsp3) is 0.211. The van der Waals surface area contributed by atoms with Crippen LogP contribution in [0.2, 0.25) is 0 Å². The minimum Gasteiger partial charge on any atom is -0.459 e. The van der Waals surface area contributed by atoms with Crippen molar-refractivity contribution < 1.29 is 14.0 Å². The van der Waals surface area contributed by atoms with Gasteiger partial charge in [-0.3, -0.25) is 9.59 Å². The summed E-state index contributed by atoms with van der Waals surface area (Å²) in [6.45, 7) is 0. The van der Waals surface area contributed by atoms with Crippen molar-refractivity contribution in [2.45, 2.75) is 12.5 Å². The highest BCUT2D eigenvalue weighted by molar-refractivity contribution is 7.98. The first-order valence-electron chi connectivity index (χ1n) is 8.32. The molecular weight excluding hydrogens is 382 g/mol. The lowest BCUT2D eigenvalue weighted by Gasteiger charge is -2.16. The van der Waals surface area contributed by atoms with E-state index in [0.29, 0.717) is 11.6 Å². The number of aromatic nitrogens is 1. The summed E-state index contributed by atoms with van der Waals surface area (Å²) in [6, 6.07) is 12.3. The molecule has 0 saturated heterocycles. The first kappa shape index (κ1) is 19.2. The third kappa shape index (κ3) is 5.21. The quantitative estimate of drug-likeness (QED) is 0.598. The van der Waals surface area contributed by atoms with Crippen LogP contribution in [-0.2, 0) is 4.79 Å². The Bertz CT molecular complexity index is 879. The van der Waals surface area contributed by atoms with Gasteiger partial charge in [-0.05, 0) is 30.6 Å². The number of carbonyl (C=O) groups excluding carboxylic acids is 2. The summed E-state index contributed by atoms with van der Waals surface area (Å²) in [6.07, 6.45) is 3.89. The van der Waals surface area contributed by atoms with E-state index in [4.69, 9.17) is 4.42 Å². The molecule has 140 valence electrons. The van der Waals surface area contributed by atoms with Gasteiger partial charge in [-0.15, -0.1) is 11.3 Å². The molecule has 2 N–H and O–H groups in total. The molecule has 0 saturated carbocycles. The zero-order valence-electron chi connectivity index (χ0n) is 14.7. The standard InChI is InChI=1S/C19H19N3O3S2/c1-26-11-9-14(20-18(24)16-8-5-10-25-16)17(23)22-19-21-15(12-27-19)13-6-3-2-4-7-13/h2-8,10,12,14H,9,11H2,1H3,(H,20,24)(H,21,22,23)/t14-/m0/s1. The number of furan rings is 1. The molecule has 1 atom stereocenters. The third-order valence-corrected chi connectivity index (χ3v) is 5.18. The van der Waals surface area contributed by atoms with Crippen molar-refractivity contribution in [2.75, 3.05) is 17.3 Å². The molecule has 0 aliphatic carbocycles. The molecule has 0 radical (unpaired) electrons. The highest BCUT2D eigenvalue weighted by atomic mass is 32.2. The van der Waals surface area contributed by atoms with E-state index in [1.54, 1.807) is 23.9 Å². The van der Waals surface area contributed by atoms with E-state index in [1.165, 1.54) is 17.6 Å². The van der Waals surface area contributed by atoms with Gasteiger partial charge in [0.15, 0.2) is 10.9 Å². The molecule has 0 fully saturated rings. The van der Waals surface area contributed by atoms with Gasteiger partial charge >= 0.3 is 0 Å². The van der Waals surface area contributed by atoms with Gasteiger partial charge in [0.25, 0.3) is 5.91 Å². The number of anilines is 1. The van der Waals surface area contributed by atoms with Crippen molar-refractivity contribution in [3.8, 4) is 11.3 Å². The SMILES string of the molecule is CSCC[C@H](NC(=O)c1ccco1)C(=O)Nc1nc(-c2ccccc2)cs1. The Labute approximate surface area is 165 Å². The van der Waals surface area contributed by atoms with Gasteiger partial charge in [0.2, 0.25) is 5.91 Å². The van der Waals surface area contributed by atoms with Gasteiger partial charge < -0.3 is 15.1 Å². The molecule has 0 spiro atoms. The lowest BCUT2D eigenvalue weighted by molar-refractivity contribution is -0.118. The summed E-state index contributed by atoms with van der Waals surface area (Å²) in [7, 11) is 0. The maximum absolute atomic E-state index is 12.7. The van der Waals surface area contributed by atoms with Crippen molar-refractivity contribution in [1.82, 2.24) is 10.3 Å². The Morgan fingerprint density at radius 3 is 2.74 bits per heavy atom. The first-order valence-corrected chi connectivity index (χ1v) is 10.6. The van der Waals surface area contributed by atoms with Gasteiger partial charge in [0, 0.05) is 10.9 Å². The van der Waals surface area contributed by atoms with Gasteiger partial charge in [0.05, 0.1) is 12.0 Å². The van der Waals surface area contributed by atoms with E-state index in [2.05, 4.69) is 15.6 Å². The Hall–Kier alpha value is -2.58. The largest absolute Gasteiger partial charge is 0.459 e. The molecule has 0 unspecified atom stereocenters. The van der Waals surface area contributed by atoms with Crippen LogP contribution in [0.3, 0.4) is 0 Å². The Kier molecular flexibility index (Phi) is 6.67. The molecule has 0 aliphatic rings. The van der Waals surface area contributed by atoms with Gasteiger partial charge in [-0.25, -0.2) is 4.98 Å². The molecule has 2 amide bonds. The molecule has 2 aromatic heterocycles. The van der Waals surface area contributed by atoms with Crippen LogP contribution in [-0.4, -0.2) is 34.8 Å². The van der Waals surface area contributed by atoms with Crippen LogP contribution in [0.15, 0.2) is 58.5 Å². The zero-order chi connectivity index (χ0) is 19.1. The lowest BCUT2D eigenvalue weighted by atomic mass is 10.2. The molecule has 6 nitrogen and oxygen atoms in total. The van der Waals surface area contributed by atoms with Crippen LogP contribution >= 0.6 is 23.1 Å². The lowest BCUT2D eigenvalue weighted by Crippen LogP contribution is -2.44. The Morgan fingerprint density at radius 1 is 1.22 bits per heavy atom. The molecular formula is C19H19N3O3S2. The molecule has 27 heavy (non-hydrogen) atoms. The number of nitrogens with zero attached hydrogens (tertiary/aromatic N) is 1. The smallest absolute Gasteiger partial charge is 0.287 e. The minimum absolute atomic E-state index is 0.178. The number of rotatable bonds is 8. The van der Waals surface area contributed by atoms with Crippen molar-refractivity contribution in [3.05, 3.63) is 59.9 Å². The van der Waals surface area contributed by atoms with Crippen LogP contribution in [0, 0.1) is 0 Å². The van der Waals surface area contributed by atoms with E-state index in [-0.39, 0.29) is 11.7 Å². The minimum atomic E-state index is -0.667. The van der Waals surface area contributed by atoms with Crippen LogP contribution in [0.1, 0.15) is 17.0 Å². The Morgan fingerprint density at radius 2 is 2.04 bits per heavy atom. The summed E-state index contributed by atoms with van der Waals surface area (Å²) in [5.41, 5.74) is 1.79. The normalized spacial score (nSPS) is 11.7. The number of thiazole rings is 1. The second-order valence-corrected chi connectivity index (χ2v) is 7.52. The summed E-state index contributed by atoms with van der Waals surface area (Å²) in [4.78, 5) is 29.4. The van der Waals surface area contributed by atoms with E-state index in [0.717, 1.165) is 17.0 Å². The van der Waals surface area contributed by atoms with Crippen LogP contribution in [0.5, 0.6) is 0 Å². The van der Waals surface area contributed by atoms with Crippen LogP contribution in [0.4, 0.5) is 5.13 Å². The second kappa shape index (κ2) is 9.38. The van der Waals surface area contributed by atoms with Crippen LogP contribution < -0.4 is 10.6 Å². The van der Waals surface area contributed by atoms with Gasteiger partial charge in [-0.1, -0.05) is 30.3 Å². The highest BCUT2D eigenvalue weighted by Crippen LogP contribution is 2.24. The highest BCUT2D eigenvalue weighted by Gasteiger charge is 2.23. The molecule has 2 heterocycles. The molecule has 3 aromatic rings. The number of nitrogens with one attached hydrogen (secondary N) is 2. The monoisotopic (exact) mass is 401 g/mol.